The Labute approximate surface area is 191 Å². The number of hydrogen-bond donors (Lipinski definition) is 4. The molecule has 0 saturated carbocycles. The highest BCUT2D eigenvalue weighted by Gasteiger charge is 2.35. The van der Waals surface area contributed by atoms with Crippen molar-refractivity contribution in [3.63, 3.8) is 0 Å². The second kappa shape index (κ2) is 8.50. The van der Waals surface area contributed by atoms with E-state index in [1.54, 1.807) is 24.4 Å². The molecule has 4 aromatic rings. The van der Waals surface area contributed by atoms with E-state index in [2.05, 4.69) is 35.9 Å². The van der Waals surface area contributed by atoms with Crippen LogP contribution in [0.15, 0.2) is 60.9 Å². The molecule has 8 nitrogen and oxygen atoms in total. The van der Waals surface area contributed by atoms with Crippen molar-refractivity contribution in [1.82, 2.24) is 19.9 Å². The Balaban J connectivity index is 1.36. The van der Waals surface area contributed by atoms with Crippen LogP contribution in [0.3, 0.4) is 0 Å². The lowest BCUT2D eigenvalue weighted by atomic mass is 10.1. The highest BCUT2D eigenvalue weighted by atomic mass is 19.4. The van der Waals surface area contributed by atoms with Crippen LogP contribution < -0.4 is 16.0 Å². The molecule has 5 rings (SSSR count). The maximum absolute atomic E-state index is 13.5. The van der Waals surface area contributed by atoms with Gasteiger partial charge in [-0.05, 0) is 23.8 Å². The number of aromatic nitrogens is 4. The van der Waals surface area contributed by atoms with Gasteiger partial charge in [0.2, 0.25) is 11.9 Å². The quantitative estimate of drug-likeness (QED) is 0.328. The van der Waals surface area contributed by atoms with Gasteiger partial charge in [0.1, 0.15) is 17.2 Å². The summed E-state index contributed by atoms with van der Waals surface area (Å²) in [7, 11) is 0. The molecule has 3 heterocycles. The minimum atomic E-state index is -4.64. The van der Waals surface area contributed by atoms with Gasteiger partial charge in [-0.25, -0.2) is 9.97 Å². The largest absolute Gasteiger partial charge is 0.421 e. The van der Waals surface area contributed by atoms with Gasteiger partial charge in [-0.3, -0.25) is 4.79 Å². The van der Waals surface area contributed by atoms with Crippen LogP contribution in [0, 0.1) is 0 Å². The first kappa shape index (κ1) is 21.4. The molecular formula is C23H18F3N7O. The number of halogens is 3. The topological polar surface area (TPSA) is 108 Å². The first-order chi connectivity index (χ1) is 16.3. The zero-order chi connectivity index (χ0) is 23.7. The molecule has 0 radical (unpaired) electrons. The van der Waals surface area contributed by atoms with Crippen LogP contribution in [0.2, 0.25) is 0 Å². The lowest BCUT2D eigenvalue weighted by molar-refractivity contribution is -0.137. The zero-order valence-corrected chi connectivity index (χ0v) is 17.6. The third kappa shape index (κ3) is 4.53. The number of nitrogens with one attached hydrogen (secondary N) is 4. The van der Waals surface area contributed by atoms with Gasteiger partial charge in [0.05, 0.1) is 24.9 Å². The van der Waals surface area contributed by atoms with Crippen molar-refractivity contribution in [1.29, 1.82) is 0 Å². The van der Waals surface area contributed by atoms with E-state index in [1.165, 1.54) is 0 Å². The van der Waals surface area contributed by atoms with Crippen molar-refractivity contribution in [2.75, 3.05) is 16.0 Å². The van der Waals surface area contributed by atoms with Crippen molar-refractivity contribution in [2.45, 2.75) is 19.1 Å². The van der Waals surface area contributed by atoms with E-state index in [0.29, 0.717) is 22.9 Å². The van der Waals surface area contributed by atoms with Gasteiger partial charge < -0.3 is 20.9 Å². The molecule has 2 aromatic carbocycles. The fraction of sp³-hybridized carbons (Fsp3) is 0.130. The Morgan fingerprint density at radius 2 is 1.85 bits per heavy atom. The van der Waals surface area contributed by atoms with Gasteiger partial charge in [0.25, 0.3) is 0 Å². The molecule has 1 amide bonds. The number of alkyl halides is 3. The maximum atomic E-state index is 13.5. The molecule has 0 bridgehead atoms. The summed E-state index contributed by atoms with van der Waals surface area (Å²) in [5, 5.41) is 8.37. The number of anilines is 4. The van der Waals surface area contributed by atoms with E-state index in [-0.39, 0.29) is 30.6 Å². The van der Waals surface area contributed by atoms with Crippen LogP contribution in [0.4, 0.5) is 36.3 Å². The Morgan fingerprint density at radius 1 is 1.03 bits per heavy atom. The lowest BCUT2D eigenvalue weighted by Gasteiger charge is -2.14. The summed E-state index contributed by atoms with van der Waals surface area (Å²) in [6.45, 7) is 0.0476. The first-order valence-electron chi connectivity index (χ1n) is 10.3. The number of rotatable bonds is 6. The van der Waals surface area contributed by atoms with Crippen LogP contribution in [0.1, 0.15) is 16.8 Å². The van der Waals surface area contributed by atoms with Gasteiger partial charge in [-0.15, -0.1) is 0 Å². The molecule has 0 unspecified atom stereocenters. The number of fused-ring (bicyclic) bond motifs is 1. The lowest BCUT2D eigenvalue weighted by Crippen LogP contribution is -2.14. The summed E-state index contributed by atoms with van der Waals surface area (Å²) < 4.78 is 40.6. The van der Waals surface area contributed by atoms with Crippen molar-refractivity contribution in [2.24, 2.45) is 0 Å². The molecule has 0 saturated heterocycles. The average molecular weight is 465 g/mol. The van der Waals surface area contributed by atoms with E-state index >= 15 is 0 Å². The monoisotopic (exact) mass is 465 g/mol. The highest BCUT2D eigenvalue weighted by Crippen LogP contribution is 2.34. The maximum Gasteiger partial charge on any atom is 0.421 e. The molecule has 4 N–H and O–H groups in total. The number of benzene rings is 2. The highest BCUT2D eigenvalue weighted by molar-refractivity contribution is 5.99. The summed E-state index contributed by atoms with van der Waals surface area (Å²) in [5.74, 6) is 0.128. The van der Waals surface area contributed by atoms with Gasteiger partial charge in [-0.2, -0.15) is 18.2 Å². The van der Waals surface area contributed by atoms with Crippen LogP contribution in [0.25, 0.3) is 11.4 Å². The third-order valence-corrected chi connectivity index (χ3v) is 5.20. The Morgan fingerprint density at radius 3 is 2.65 bits per heavy atom. The normalized spacial score (nSPS) is 12.9. The van der Waals surface area contributed by atoms with E-state index in [9.17, 15) is 18.0 Å². The second-order valence-corrected chi connectivity index (χ2v) is 7.65. The molecule has 172 valence electrons. The Hall–Kier alpha value is -4.41. The summed E-state index contributed by atoms with van der Waals surface area (Å²) in [6.07, 6.45) is -2.11. The molecule has 0 spiro atoms. The van der Waals surface area contributed by atoms with Crippen molar-refractivity contribution in [3.8, 4) is 11.4 Å². The first-order valence-corrected chi connectivity index (χ1v) is 10.3. The fourth-order valence-electron chi connectivity index (χ4n) is 3.59. The SMILES string of the molecule is O=C1Cc2cc(Nc3ncc(C(F)(F)F)c(NCc4cnc(-c5ccccc5)[nH]4)n3)ccc2N1. The molecule has 1 aliphatic rings. The molecule has 34 heavy (non-hydrogen) atoms. The van der Waals surface area contributed by atoms with Gasteiger partial charge in [0, 0.05) is 23.1 Å². The van der Waals surface area contributed by atoms with Crippen molar-refractivity contribution in [3.05, 3.63) is 77.7 Å². The number of carbonyl (C=O) groups is 1. The molecule has 0 fully saturated rings. The molecule has 1 aliphatic heterocycles. The van der Waals surface area contributed by atoms with Crippen LogP contribution in [-0.4, -0.2) is 25.8 Å². The smallest absolute Gasteiger partial charge is 0.364 e. The summed E-state index contributed by atoms with van der Waals surface area (Å²) in [6, 6.07) is 14.5. The van der Waals surface area contributed by atoms with E-state index in [1.807, 2.05) is 30.3 Å². The standard InChI is InChI=1S/C23H18F3N7O/c24-23(25,26)17-12-29-22(31-15-6-7-18-14(8-15)9-19(34)32-18)33-21(17)28-11-16-10-27-20(30-16)13-4-2-1-3-5-13/h1-8,10,12H,9,11H2,(H,27,30)(H,32,34)(H2,28,29,31,33). The summed E-state index contributed by atoms with van der Waals surface area (Å²) in [4.78, 5) is 26.8. The second-order valence-electron chi connectivity index (χ2n) is 7.65. The van der Waals surface area contributed by atoms with Crippen LogP contribution >= 0.6 is 0 Å². The van der Waals surface area contributed by atoms with Gasteiger partial charge >= 0.3 is 6.18 Å². The number of amides is 1. The minimum Gasteiger partial charge on any atom is -0.364 e. The predicted octanol–water partition coefficient (Wildman–Crippen LogP) is 4.74. The fourth-order valence-corrected chi connectivity index (χ4v) is 3.59. The molecule has 0 atom stereocenters. The van der Waals surface area contributed by atoms with Crippen LogP contribution in [0.5, 0.6) is 0 Å². The van der Waals surface area contributed by atoms with Crippen molar-refractivity contribution < 1.29 is 18.0 Å². The Kier molecular flexibility index (Phi) is 5.36. The zero-order valence-electron chi connectivity index (χ0n) is 17.6. The predicted molar refractivity (Wildman–Crippen MR) is 120 cm³/mol. The number of hydrogen-bond acceptors (Lipinski definition) is 6. The van der Waals surface area contributed by atoms with E-state index in [4.69, 9.17) is 0 Å². The third-order valence-electron chi connectivity index (χ3n) is 5.20. The summed E-state index contributed by atoms with van der Waals surface area (Å²) >= 11 is 0. The number of nitrogens with zero attached hydrogens (tertiary/aromatic N) is 3. The van der Waals surface area contributed by atoms with Gasteiger partial charge in [0.15, 0.2) is 0 Å². The molecular weight excluding hydrogens is 447 g/mol. The minimum absolute atomic E-state index is 0.0117. The molecule has 0 aliphatic carbocycles. The Bertz CT molecular complexity index is 1350. The van der Waals surface area contributed by atoms with Crippen LogP contribution in [-0.2, 0) is 23.9 Å². The number of imidazole rings is 1. The van der Waals surface area contributed by atoms with Crippen molar-refractivity contribution >= 4 is 29.0 Å². The van der Waals surface area contributed by atoms with E-state index in [0.717, 1.165) is 17.3 Å². The number of H-pyrrole nitrogens is 1. The molecule has 11 heteroatoms. The van der Waals surface area contributed by atoms with E-state index < -0.39 is 11.7 Å². The number of aromatic amines is 1. The molecule has 2 aromatic heterocycles. The average Bonchev–Trinajstić information content (AvgIpc) is 3.43. The number of carbonyl (C=O) groups excluding carboxylic acids is 1. The summed E-state index contributed by atoms with van der Waals surface area (Å²) in [5.41, 5.74) is 2.53. The van der Waals surface area contributed by atoms with Gasteiger partial charge in [-0.1, -0.05) is 30.3 Å².